The Labute approximate surface area is 888 Å². The van der Waals surface area contributed by atoms with Gasteiger partial charge in [0.25, 0.3) is 11.8 Å². The number of nitrogens with zero attached hydrogens (tertiary/aromatic N) is 5. The quantitative estimate of drug-likeness (QED) is 0.00518. The normalized spacial score (nSPS) is 11.2. The predicted octanol–water partition coefficient (Wildman–Crippen LogP) is 25.9. The number of amides is 6. The number of benzene rings is 10. The van der Waals surface area contributed by atoms with Gasteiger partial charge in [-0.1, -0.05) is 297 Å². The monoisotopic (exact) mass is 2100 g/mol. The summed E-state index contributed by atoms with van der Waals surface area (Å²) in [6.07, 6.45) is 3.89. The van der Waals surface area contributed by atoms with Crippen molar-refractivity contribution >= 4 is 74.5 Å². The third-order valence-electron chi connectivity index (χ3n) is 19.8. The molecule has 10 rings (SSSR count). The Kier molecular flexibility index (Phi) is 61.6. The lowest BCUT2D eigenvalue weighted by Gasteiger charge is -2.18. The fraction of sp³-hybridized carbons (Fsp3) is 0.419. The number of sulfonamides is 1. The smallest absolute Gasteiger partial charge is 0.406 e. The van der Waals surface area contributed by atoms with Crippen LogP contribution in [0.1, 0.15) is 240 Å². The molecule has 149 heavy (non-hydrogen) atoms. The number of nitrogens with two attached hydrogens (primary N) is 6. The summed E-state index contributed by atoms with van der Waals surface area (Å²) in [5.41, 5.74) is 44.9. The molecule has 0 saturated carbocycles. The van der Waals surface area contributed by atoms with E-state index in [-0.39, 0.29) is 56.0 Å². The van der Waals surface area contributed by atoms with Crippen LogP contribution in [-0.2, 0) is 87.3 Å². The molecule has 0 aromatic heterocycles. The van der Waals surface area contributed by atoms with Gasteiger partial charge >= 0.3 is 24.8 Å². The fourth-order valence-electron chi connectivity index (χ4n) is 14.3. The van der Waals surface area contributed by atoms with Crippen molar-refractivity contribution in [3.63, 3.8) is 0 Å². The molecule has 0 saturated heterocycles. The van der Waals surface area contributed by atoms with Crippen LogP contribution in [0.25, 0.3) is 0 Å². The van der Waals surface area contributed by atoms with Crippen molar-refractivity contribution in [1.29, 1.82) is 10.5 Å². The van der Waals surface area contributed by atoms with E-state index in [1.165, 1.54) is 63.2 Å². The molecule has 814 valence electrons. The second kappa shape index (κ2) is 68.8. The van der Waals surface area contributed by atoms with E-state index in [0.717, 1.165) is 126 Å². The highest BCUT2D eigenvalue weighted by molar-refractivity contribution is 7.89. The van der Waals surface area contributed by atoms with E-state index in [1.54, 1.807) is 68.8 Å². The Hall–Kier alpha value is -13.6. The Morgan fingerprint density at radius 1 is 0.416 bits per heavy atom. The molecule has 6 amide bonds. The minimum Gasteiger partial charge on any atom is -0.406 e. The van der Waals surface area contributed by atoms with Gasteiger partial charge in [0, 0.05) is 55.2 Å². The topological polar surface area (TPSA) is 413 Å². The number of hydrogen-bond donors (Lipinski definition) is 11. The zero-order valence-corrected chi connectivity index (χ0v) is 93.2. The molecule has 0 spiro atoms. The molecule has 0 aliphatic carbocycles. The maximum Gasteiger partial charge on any atom is 0.573 e. The first kappa shape index (κ1) is 133. The van der Waals surface area contributed by atoms with Crippen LogP contribution in [0.3, 0.4) is 0 Å². The largest absolute Gasteiger partial charge is 0.573 e. The number of rotatable bonds is 29. The number of hydrogen-bond acceptors (Lipinski definition) is 13. The van der Waals surface area contributed by atoms with Crippen molar-refractivity contribution in [3.05, 3.63) is 319 Å². The van der Waals surface area contributed by atoms with Crippen LogP contribution in [-0.4, -0.2) is 83.0 Å². The van der Waals surface area contributed by atoms with Crippen LogP contribution < -0.4 is 69.9 Å². The van der Waals surface area contributed by atoms with Gasteiger partial charge in [-0.3, -0.25) is 20.2 Å². The van der Waals surface area contributed by atoms with Gasteiger partial charge < -0.3 is 59.0 Å². The number of halogens is 7. The maximum absolute atomic E-state index is 12.0. The van der Waals surface area contributed by atoms with E-state index in [9.17, 15) is 53.9 Å². The van der Waals surface area contributed by atoms with Crippen molar-refractivity contribution < 1.29 is 63.4 Å². The number of urea groups is 2. The van der Waals surface area contributed by atoms with Crippen LogP contribution in [0, 0.1) is 81.1 Å². The number of primary amides is 2. The highest BCUT2D eigenvalue weighted by Crippen LogP contribution is 2.31. The van der Waals surface area contributed by atoms with E-state index in [1.807, 2.05) is 147 Å². The summed E-state index contributed by atoms with van der Waals surface area (Å²) < 4.78 is 101. The molecule has 0 unspecified atom stereocenters. The van der Waals surface area contributed by atoms with Gasteiger partial charge in [-0.2, -0.15) is 10.5 Å². The Morgan fingerprint density at radius 3 is 1.19 bits per heavy atom. The Morgan fingerprint density at radius 2 is 0.779 bits per heavy atom. The molecule has 0 radical (unpaired) electrons. The fourth-order valence-corrected chi connectivity index (χ4v) is 15.1. The molecule has 0 aliphatic rings. The average Bonchev–Trinajstić information content (AvgIpc) is 0.852. The molecule has 24 nitrogen and oxygen atoms in total. The Bertz CT molecular complexity index is 5870. The molecule has 0 bridgehead atoms. The first-order valence-corrected chi connectivity index (χ1v) is 51.6. The number of nitrogen functional groups attached to an aromatic ring is 1. The number of carbonyl (C=O) groups is 4. The second-order valence-electron chi connectivity index (χ2n) is 41.8. The lowest BCUT2D eigenvalue weighted by atomic mass is 9.88. The molecular formula is C117H163ClF6N16O8S. The summed E-state index contributed by atoms with van der Waals surface area (Å²) in [5.74, 6) is 4.41. The number of nitrogens with one attached hydrogen (secondary N) is 5. The molecule has 0 heterocycles. The number of primary sulfonamides is 1. The molecular weight excluding hydrogens is 1940 g/mol. The molecule has 32 heteroatoms. The minimum atomic E-state index is -4.68. The number of guanidine groups is 2. The third-order valence-corrected chi connectivity index (χ3v) is 20.9. The zero-order chi connectivity index (χ0) is 113. The average molecular weight is 2100 g/mol. The first-order chi connectivity index (χ1) is 69.3. The summed E-state index contributed by atoms with van der Waals surface area (Å²) >= 11 is 5.71. The van der Waals surface area contributed by atoms with Gasteiger partial charge in [-0.25, -0.2) is 33.1 Å². The van der Waals surface area contributed by atoms with Crippen LogP contribution in [0.2, 0.25) is 5.02 Å². The number of alkyl halides is 6. The number of anilines is 2. The summed E-state index contributed by atoms with van der Waals surface area (Å²) in [6.45, 7) is 48.4. The van der Waals surface area contributed by atoms with Crippen molar-refractivity contribution in [2.75, 3.05) is 32.2 Å². The second-order valence-corrected chi connectivity index (χ2v) is 43.8. The van der Waals surface area contributed by atoms with E-state index >= 15 is 0 Å². The minimum absolute atomic E-state index is 0.0303. The Balaban J connectivity index is 0.000000829. The van der Waals surface area contributed by atoms with E-state index < -0.39 is 34.8 Å². The molecule has 0 fully saturated rings. The van der Waals surface area contributed by atoms with Gasteiger partial charge in [-0.05, 0) is 292 Å². The SMILES string of the molecule is CC(C)Cc1cc(Cl)cc(OC(F)(F)F)c1.CC(C)Cc1ccc(N)cc1.CC(C)Cc1ccc(OC(F)(F)F)cc1.CC(C)Cc1cccc(CN=C(N)NC#N)c1.CC(C)Cc1cccc(CNC(N)=O)c1.CC(C)Cc1cccc(N=C(N)NC#N)c1.CC(C)Cc1cccc(NC(N)=O)c1.CC(C)Cc1cccc(S(N)(=O)=O)c1.CN(C)C(=O)c1ccc(CC(C)(C)C)cc1.CNC(=O)c1ccc(CC(C)(C)C)cc1. The lowest BCUT2D eigenvalue weighted by Crippen LogP contribution is -2.28. The van der Waals surface area contributed by atoms with Crippen LogP contribution in [0.15, 0.2) is 251 Å². The number of aliphatic imine (C=N–C) groups is 2. The number of carbonyl (C=O) groups excluding carboxylic acids is 4. The molecule has 17 N–H and O–H groups in total. The predicted molar refractivity (Wildman–Crippen MR) is 598 cm³/mol. The molecule has 0 aliphatic heterocycles. The van der Waals surface area contributed by atoms with Gasteiger partial charge in [-0.15, -0.1) is 26.3 Å². The van der Waals surface area contributed by atoms with E-state index in [0.29, 0.717) is 60.9 Å². The molecule has 10 aromatic rings. The van der Waals surface area contributed by atoms with Gasteiger partial charge in [0.05, 0.1) is 17.1 Å². The van der Waals surface area contributed by atoms with Crippen LogP contribution >= 0.6 is 11.6 Å². The standard InChI is InChI=1S/C14H21NO.C13H18N4.C13H19NO.C12H16N4.C12H18N2O.C11H12ClF3O.C11H13F3O.C11H16N2O.C10H15NO2S.C10H15N/c1-14(2,3)10-11-6-8-12(9-7-11)13(16)15(4)5;1-10(2)6-11-4-3-5-12(7-11)8-16-13(15)17-9-14;1-13(2,3)9-10-5-7-11(8-6-10)12(15)14-4;1-9(2)6-10-4-3-5-11(7-10)16-12(14)15-8-13;1-9(2)6-10-4-3-5-11(7-10)8-14-12(13)15;1-7(2)3-8-4-9(12)6-10(5-8)16-11(13,14)15;1-8(2)7-9-3-5-10(6-4-9)15-11(12,13)14;1-8(2)6-9-4-3-5-10(7-9)13-11(12)14;1-8(2)6-9-4-3-5-10(7-9)14(11,12)13;1-8(2)7-9-3-5-10(11)6-4-9/h6-9H,10H2,1-5H3;3-5,7,10H,6,8H2,1-2H3,(H3,15,16,17);5-8H,9H2,1-4H3,(H,14,15);3-5,7,9H,6H2,1-2H3,(H3,14,15,16);3-5,7,9H,6,8H2,1-2H3,(H3,13,14,15);4-7H,3H2,1-2H3;3-6,8H,7H2,1-2H3;3-5,7-8H,6H2,1-2H3,(H3,12,13,14);3-5,7-8H,6H2,1-2H3,(H2,11,12,13);3-6,8H,7,11H2,1-2H3. The number of ether oxygens (including phenoxy) is 2. The molecule has 10 aromatic carbocycles. The molecule has 0 atom stereocenters. The van der Waals surface area contributed by atoms with Crippen LogP contribution in [0.4, 0.5) is 53.0 Å². The summed E-state index contributed by atoms with van der Waals surface area (Å²) in [6, 6.07) is 71.8. The summed E-state index contributed by atoms with van der Waals surface area (Å²) in [5, 5.41) is 34.3. The zero-order valence-electron chi connectivity index (χ0n) is 91.6. The summed E-state index contributed by atoms with van der Waals surface area (Å²) in [4.78, 5) is 54.1. The maximum atomic E-state index is 12.0. The van der Waals surface area contributed by atoms with Crippen molar-refractivity contribution in [2.45, 2.75) is 247 Å². The van der Waals surface area contributed by atoms with Gasteiger partial charge in [0.2, 0.25) is 21.9 Å². The van der Waals surface area contributed by atoms with Crippen molar-refractivity contribution in [3.8, 4) is 23.9 Å². The van der Waals surface area contributed by atoms with E-state index in [2.05, 4.69) is 227 Å². The van der Waals surface area contributed by atoms with Crippen LogP contribution in [0.5, 0.6) is 11.5 Å². The first-order valence-electron chi connectivity index (χ1n) is 49.7. The van der Waals surface area contributed by atoms with Gasteiger partial charge in [0.1, 0.15) is 11.5 Å². The summed E-state index contributed by atoms with van der Waals surface area (Å²) in [7, 11) is 1.62. The number of nitriles is 2. The van der Waals surface area contributed by atoms with Crippen molar-refractivity contribution in [1.82, 2.24) is 26.2 Å². The lowest BCUT2D eigenvalue weighted by molar-refractivity contribution is -0.275. The van der Waals surface area contributed by atoms with E-state index in [4.69, 9.17) is 55.9 Å². The van der Waals surface area contributed by atoms with Gasteiger partial charge in [0.15, 0.2) is 12.4 Å². The third kappa shape index (κ3) is 69.3. The highest BCUT2D eigenvalue weighted by Gasteiger charge is 2.32. The van der Waals surface area contributed by atoms with Crippen molar-refractivity contribution in [2.24, 2.45) is 96.2 Å². The highest BCUT2D eigenvalue weighted by atomic mass is 35.5.